The second kappa shape index (κ2) is 17.0. The maximum Gasteiger partial charge on any atom is 0.243 e. The van der Waals surface area contributed by atoms with Crippen molar-refractivity contribution >= 4 is 41.7 Å². The first-order valence-corrected chi connectivity index (χ1v) is 12.2. The number of hydrogen-bond donors (Lipinski definition) is 8. The minimum atomic E-state index is -1.36. The van der Waals surface area contributed by atoms with Gasteiger partial charge in [0.25, 0.3) is 0 Å². The van der Waals surface area contributed by atoms with E-state index >= 15 is 0 Å². The van der Waals surface area contributed by atoms with E-state index in [2.05, 4.69) is 21.3 Å². The molecule has 0 bridgehead atoms. The van der Waals surface area contributed by atoms with Crippen LogP contribution < -0.4 is 38.5 Å². The number of carbonyl (C=O) groups is 6. The van der Waals surface area contributed by atoms with Crippen LogP contribution in [0.3, 0.4) is 0 Å². The Bertz CT molecular complexity index is 870. The normalized spacial score (nSPS) is 17.0. The fourth-order valence-electron chi connectivity index (χ4n) is 3.68. The third-order valence-electron chi connectivity index (χ3n) is 5.72. The largest absolute Gasteiger partial charge is 0.394 e. The molecule has 11 N–H and O–H groups in total. The lowest BCUT2D eigenvalue weighted by Gasteiger charge is -2.25. The highest BCUT2D eigenvalue weighted by atomic mass is 16.3. The number of rotatable bonds is 17. The van der Waals surface area contributed by atoms with Gasteiger partial charge in [0.1, 0.15) is 18.1 Å². The van der Waals surface area contributed by atoms with Crippen LogP contribution in [0, 0.1) is 0 Å². The highest BCUT2D eigenvalue weighted by Gasteiger charge is 2.35. The zero-order valence-electron chi connectivity index (χ0n) is 21.1. The summed E-state index contributed by atoms with van der Waals surface area (Å²) in [7, 11) is 0. The standard InChI is InChI=1S/C22H37N8O8/c23-6-2-1-4-14(24)20(36)29-15(8-17(25)33)21(37)27-9-18(34)26-10-19(35)30-7-3-5-16(30)22(38)28-13(11-31)12-32/h13-16,31H,1-11,23-24H2,(H2,25,33)(H,26,34)(H,27,37)(H,28,38)(H,29,36)/t13-,14-,15-,16-/m0/s1. The summed E-state index contributed by atoms with van der Waals surface area (Å²) in [5, 5.41) is 18.2. The van der Waals surface area contributed by atoms with Crippen molar-refractivity contribution in [2.75, 3.05) is 32.8 Å². The van der Waals surface area contributed by atoms with E-state index in [4.69, 9.17) is 22.3 Å². The molecule has 38 heavy (non-hydrogen) atoms. The van der Waals surface area contributed by atoms with Crippen LogP contribution in [0.1, 0.15) is 38.5 Å². The van der Waals surface area contributed by atoms with Crippen molar-refractivity contribution < 1.29 is 38.7 Å². The summed E-state index contributed by atoms with van der Waals surface area (Å²) in [6.07, 6.45) is 3.39. The number of nitrogens with one attached hydrogen (secondary N) is 4. The van der Waals surface area contributed by atoms with Gasteiger partial charge in [0.2, 0.25) is 41.7 Å². The van der Waals surface area contributed by atoms with E-state index in [0.717, 1.165) is 0 Å². The predicted octanol–water partition coefficient (Wildman–Crippen LogP) is -5.39. The first kappa shape index (κ1) is 32.4. The minimum absolute atomic E-state index is 0.251. The molecule has 1 heterocycles. The number of primary amides is 1. The Morgan fingerprint density at radius 2 is 1.74 bits per heavy atom. The smallest absolute Gasteiger partial charge is 0.243 e. The highest BCUT2D eigenvalue weighted by molar-refractivity contribution is 5.95. The maximum atomic E-state index is 12.5. The lowest BCUT2D eigenvalue weighted by Crippen LogP contribution is -2.54. The van der Waals surface area contributed by atoms with Crippen molar-refractivity contribution in [2.45, 2.75) is 62.7 Å². The summed E-state index contributed by atoms with van der Waals surface area (Å²) >= 11 is 0. The number of likely N-dealkylation sites (tertiary alicyclic amines) is 1. The van der Waals surface area contributed by atoms with Crippen molar-refractivity contribution in [1.29, 1.82) is 0 Å². The van der Waals surface area contributed by atoms with Crippen LogP contribution >= 0.6 is 0 Å². The van der Waals surface area contributed by atoms with Crippen LogP contribution in [0.25, 0.3) is 0 Å². The molecule has 16 nitrogen and oxygen atoms in total. The van der Waals surface area contributed by atoms with Crippen molar-refractivity contribution in [2.24, 2.45) is 17.2 Å². The van der Waals surface area contributed by atoms with Gasteiger partial charge in [0.05, 0.1) is 32.2 Å². The summed E-state index contributed by atoms with van der Waals surface area (Å²) < 4.78 is 0. The van der Waals surface area contributed by atoms with Crippen LogP contribution in [-0.4, -0.2) is 109 Å². The maximum absolute atomic E-state index is 12.5. The second-order valence-corrected chi connectivity index (χ2v) is 8.72. The third-order valence-corrected chi connectivity index (χ3v) is 5.72. The molecule has 1 fully saturated rings. The minimum Gasteiger partial charge on any atom is -0.394 e. The van der Waals surface area contributed by atoms with E-state index in [1.165, 1.54) is 11.2 Å². The SMILES string of the molecule is NCCCC[C@H](N)C(=O)N[C@@H](CC(N)=O)C(=O)NCC(=O)NCC(=O)N1CCC[C@H]1C(=O)N[C@H]([C]=O)CO. The van der Waals surface area contributed by atoms with Gasteiger partial charge in [-0.1, -0.05) is 6.42 Å². The van der Waals surface area contributed by atoms with E-state index in [1.54, 1.807) is 0 Å². The Hall–Kier alpha value is -3.63. The number of amides is 6. The molecule has 1 rings (SSSR count). The van der Waals surface area contributed by atoms with Gasteiger partial charge in [0.15, 0.2) is 0 Å². The number of nitrogens with two attached hydrogens (primary N) is 3. The number of unbranched alkanes of at least 4 members (excludes halogenated alkanes) is 1. The van der Waals surface area contributed by atoms with Gasteiger partial charge in [-0.05, 0) is 32.2 Å². The Labute approximate surface area is 219 Å². The van der Waals surface area contributed by atoms with Gasteiger partial charge in [-0.25, -0.2) is 0 Å². The lowest BCUT2D eigenvalue weighted by atomic mass is 10.1. The lowest BCUT2D eigenvalue weighted by molar-refractivity contribution is -0.139. The fourth-order valence-corrected chi connectivity index (χ4v) is 3.68. The van der Waals surface area contributed by atoms with Gasteiger partial charge >= 0.3 is 0 Å². The number of hydrogen-bond acceptors (Lipinski definition) is 10. The molecule has 0 saturated carbocycles. The molecule has 0 aromatic rings. The zero-order valence-corrected chi connectivity index (χ0v) is 21.1. The molecule has 6 amide bonds. The van der Waals surface area contributed by atoms with Crippen molar-refractivity contribution in [3.63, 3.8) is 0 Å². The second-order valence-electron chi connectivity index (χ2n) is 8.72. The Balaban J connectivity index is 2.56. The summed E-state index contributed by atoms with van der Waals surface area (Å²) in [4.78, 5) is 85.1. The number of carbonyl (C=O) groups excluding carboxylic acids is 7. The van der Waals surface area contributed by atoms with Gasteiger partial charge < -0.3 is 48.5 Å². The number of aliphatic hydroxyl groups is 1. The van der Waals surface area contributed by atoms with Crippen molar-refractivity contribution in [3.05, 3.63) is 0 Å². The highest BCUT2D eigenvalue weighted by Crippen LogP contribution is 2.17. The van der Waals surface area contributed by atoms with Gasteiger partial charge in [0, 0.05) is 6.54 Å². The molecule has 0 spiro atoms. The number of aliphatic hydroxyl groups excluding tert-OH is 1. The van der Waals surface area contributed by atoms with Crippen LogP contribution in [0.2, 0.25) is 0 Å². The molecule has 1 radical (unpaired) electrons. The van der Waals surface area contributed by atoms with Crippen LogP contribution in [0.4, 0.5) is 0 Å². The summed E-state index contributed by atoms with van der Waals surface area (Å²) in [6.45, 7) is -0.990. The Kier molecular flexibility index (Phi) is 14.5. The first-order chi connectivity index (χ1) is 18.0. The summed E-state index contributed by atoms with van der Waals surface area (Å²) in [5.74, 6) is -4.32. The number of nitrogens with zero attached hydrogens (tertiary/aromatic N) is 1. The molecular weight excluding hydrogens is 504 g/mol. The van der Waals surface area contributed by atoms with Gasteiger partial charge in [-0.15, -0.1) is 0 Å². The van der Waals surface area contributed by atoms with Crippen molar-refractivity contribution in [3.8, 4) is 0 Å². The van der Waals surface area contributed by atoms with E-state index < -0.39 is 85.7 Å². The Morgan fingerprint density at radius 3 is 2.34 bits per heavy atom. The third kappa shape index (κ3) is 11.2. The summed E-state index contributed by atoms with van der Waals surface area (Å²) in [6, 6.07) is -4.37. The van der Waals surface area contributed by atoms with E-state index in [0.29, 0.717) is 38.6 Å². The van der Waals surface area contributed by atoms with Crippen LogP contribution in [0.5, 0.6) is 0 Å². The Morgan fingerprint density at radius 1 is 1.03 bits per heavy atom. The van der Waals surface area contributed by atoms with Gasteiger partial charge in [-0.2, -0.15) is 0 Å². The van der Waals surface area contributed by atoms with E-state index in [9.17, 15) is 33.6 Å². The first-order valence-electron chi connectivity index (χ1n) is 12.2. The summed E-state index contributed by atoms with van der Waals surface area (Å²) in [5.41, 5.74) is 16.3. The average molecular weight is 542 g/mol. The zero-order chi connectivity index (χ0) is 28.7. The molecule has 0 aliphatic carbocycles. The molecule has 1 saturated heterocycles. The molecular formula is C22H37N8O8. The van der Waals surface area contributed by atoms with Crippen LogP contribution in [0.15, 0.2) is 0 Å². The molecule has 16 heteroatoms. The molecule has 0 aromatic heterocycles. The topological polar surface area (TPSA) is 269 Å². The molecule has 213 valence electrons. The monoisotopic (exact) mass is 541 g/mol. The quantitative estimate of drug-likeness (QED) is 0.0809. The van der Waals surface area contributed by atoms with Crippen molar-refractivity contribution in [1.82, 2.24) is 26.2 Å². The molecule has 1 aliphatic heterocycles. The molecule has 0 unspecified atom stereocenters. The van der Waals surface area contributed by atoms with Crippen LogP contribution in [-0.2, 0) is 33.6 Å². The average Bonchev–Trinajstić information content (AvgIpc) is 3.38. The predicted molar refractivity (Wildman–Crippen MR) is 132 cm³/mol. The molecule has 0 aromatic carbocycles. The fraction of sp³-hybridized carbons (Fsp3) is 0.682. The van der Waals surface area contributed by atoms with E-state index in [-0.39, 0.29) is 6.54 Å². The van der Waals surface area contributed by atoms with Gasteiger partial charge in [-0.3, -0.25) is 33.6 Å². The van der Waals surface area contributed by atoms with E-state index in [1.807, 2.05) is 0 Å². The molecule has 1 aliphatic rings. The molecule has 4 atom stereocenters.